The Balaban J connectivity index is 1.55. The highest BCUT2D eigenvalue weighted by Gasteiger charge is 2.05. The molecule has 0 saturated carbocycles. The zero-order valence-corrected chi connectivity index (χ0v) is 15.4. The van der Waals surface area contributed by atoms with Crippen LogP contribution in [0.5, 0.6) is 0 Å². The summed E-state index contributed by atoms with van der Waals surface area (Å²) in [6.07, 6.45) is 2.77. The maximum absolute atomic E-state index is 12.0. The smallest absolute Gasteiger partial charge is 0.319 e. The molecule has 3 aromatic rings. The number of hydrogen-bond donors (Lipinski definition) is 3. The molecule has 1 aromatic heterocycles. The Kier molecular flexibility index (Phi) is 5.03. The minimum Gasteiger partial charge on any atom is -0.361 e. The Morgan fingerprint density at radius 3 is 2.61 bits per heavy atom. The maximum atomic E-state index is 12.0. The van der Waals surface area contributed by atoms with Gasteiger partial charge in [0.25, 0.3) is 0 Å². The van der Waals surface area contributed by atoms with Crippen LogP contribution in [0.3, 0.4) is 0 Å². The van der Waals surface area contributed by atoms with Crippen molar-refractivity contribution in [3.8, 4) is 0 Å². The minimum absolute atomic E-state index is 0.213. The van der Waals surface area contributed by atoms with Gasteiger partial charge in [-0.05, 0) is 36.2 Å². The Bertz CT molecular complexity index is 824. The van der Waals surface area contributed by atoms with E-state index < -0.39 is 0 Å². The second kappa shape index (κ2) is 7.19. The molecule has 0 aliphatic heterocycles. The lowest BCUT2D eigenvalue weighted by molar-refractivity contribution is 0.252. The summed E-state index contributed by atoms with van der Waals surface area (Å²) < 4.78 is 1.81. The fourth-order valence-electron chi connectivity index (χ4n) is 2.45. The van der Waals surface area contributed by atoms with Crippen LogP contribution in [0.1, 0.15) is 5.56 Å². The number of aromatic amines is 1. The first-order chi connectivity index (χ1) is 11.1. The predicted octanol–water partition coefficient (Wildman–Crippen LogP) is 5.06. The molecule has 3 N–H and O–H groups in total. The van der Waals surface area contributed by atoms with Crippen LogP contribution in [0.25, 0.3) is 10.9 Å². The average molecular weight is 437 g/mol. The summed E-state index contributed by atoms with van der Waals surface area (Å²) in [6, 6.07) is 13.6. The van der Waals surface area contributed by atoms with E-state index in [4.69, 9.17) is 0 Å². The van der Waals surface area contributed by atoms with Crippen LogP contribution in [0, 0.1) is 0 Å². The number of rotatable bonds is 4. The third-order valence-electron chi connectivity index (χ3n) is 3.48. The average Bonchev–Trinajstić information content (AvgIpc) is 2.90. The van der Waals surface area contributed by atoms with Gasteiger partial charge in [0.2, 0.25) is 0 Å². The van der Waals surface area contributed by atoms with Crippen molar-refractivity contribution in [2.45, 2.75) is 6.42 Å². The molecule has 0 aliphatic carbocycles. The number of para-hydroxylation sites is 1. The summed E-state index contributed by atoms with van der Waals surface area (Å²) in [4.78, 5) is 15.2. The first-order valence-electron chi connectivity index (χ1n) is 7.18. The molecule has 2 aromatic carbocycles. The van der Waals surface area contributed by atoms with E-state index in [2.05, 4.69) is 53.5 Å². The van der Waals surface area contributed by atoms with Gasteiger partial charge in [0.05, 0.1) is 0 Å². The number of anilines is 1. The van der Waals surface area contributed by atoms with Crippen molar-refractivity contribution in [3.05, 3.63) is 63.2 Å². The molecular weight excluding hydrogens is 422 g/mol. The van der Waals surface area contributed by atoms with Crippen LogP contribution in [-0.2, 0) is 6.42 Å². The van der Waals surface area contributed by atoms with Crippen LogP contribution >= 0.6 is 31.9 Å². The molecule has 0 saturated heterocycles. The van der Waals surface area contributed by atoms with E-state index in [0.29, 0.717) is 6.54 Å². The molecule has 0 unspecified atom stereocenters. The standard InChI is InChI=1S/C17H15Br2N3O/c18-12-7-13(19)9-14(8-12)22-17(23)20-6-5-11-10-21-16-4-2-1-3-15(11)16/h1-4,7-10,21H,5-6H2,(H2,20,22,23). The van der Waals surface area contributed by atoms with Crippen LogP contribution < -0.4 is 10.6 Å². The van der Waals surface area contributed by atoms with Crippen molar-refractivity contribution in [2.75, 3.05) is 11.9 Å². The van der Waals surface area contributed by atoms with Crippen molar-refractivity contribution in [1.82, 2.24) is 10.3 Å². The van der Waals surface area contributed by atoms with Crippen LogP contribution in [0.4, 0.5) is 10.5 Å². The highest BCUT2D eigenvalue weighted by atomic mass is 79.9. The number of urea groups is 1. The van der Waals surface area contributed by atoms with Crippen LogP contribution in [0.15, 0.2) is 57.6 Å². The Morgan fingerprint density at radius 1 is 1.09 bits per heavy atom. The summed E-state index contributed by atoms with van der Waals surface area (Å²) in [5, 5.41) is 6.90. The van der Waals surface area contributed by atoms with Crippen LogP contribution in [0.2, 0.25) is 0 Å². The van der Waals surface area contributed by atoms with Gasteiger partial charge in [-0.15, -0.1) is 0 Å². The number of nitrogens with one attached hydrogen (secondary N) is 3. The monoisotopic (exact) mass is 435 g/mol. The summed E-state index contributed by atoms with van der Waals surface area (Å²) in [5.41, 5.74) is 3.05. The van der Waals surface area contributed by atoms with E-state index >= 15 is 0 Å². The summed E-state index contributed by atoms with van der Waals surface area (Å²) in [6.45, 7) is 0.572. The molecule has 2 amide bonds. The van der Waals surface area contributed by atoms with Crippen molar-refractivity contribution in [1.29, 1.82) is 0 Å². The molecule has 0 atom stereocenters. The van der Waals surface area contributed by atoms with E-state index in [1.807, 2.05) is 42.6 Å². The van der Waals surface area contributed by atoms with Crippen molar-refractivity contribution >= 4 is 54.5 Å². The van der Waals surface area contributed by atoms with Gasteiger partial charge < -0.3 is 15.6 Å². The van der Waals surface area contributed by atoms with E-state index in [0.717, 1.165) is 26.6 Å². The van der Waals surface area contributed by atoms with Crippen molar-refractivity contribution in [2.24, 2.45) is 0 Å². The third kappa shape index (κ3) is 4.14. The van der Waals surface area contributed by atoms with Gasteiger partial charge in [-0.2, -0.15) is 0 Å². The molecule has 0 spiro atoms. The van der Waals surface area contributed by atoms with Gasteiger partial charge in [0, 0.05) is 38.3 Å². The first kappa shape index (κ1) is 16.1. The van der Waals surface area contributed by atoms with Gasteiger partial charge in [-0.3, -0.25) is 0 Å². The predicted molar refractivity (Wildman–Crippen MR) is 101 cm³/mol. The number of hydrogen-bond acceptors (Lipinski definition) is 1. The third-order valence-corrected chi connectivity index (χ3v) is 4.39. The molecule has 0 aliphatic rings. The van der Waals surface area contributed by atoms with Gasteiger partial charge in [-0.1, -0.05) is 50.1 Å². The molecule has 3 rings (SSSR count). The van der Waals surface area contributed by atoms with E-state index in [9.17, 15) is 4.79 Å². The van der Waals surface area contributed by atoms with E-state index in [1.165, 1.54) is 10.9 Å². The largest absolute Gasteiger partial charge is 0.361 e. The minimum atomic E-state index is -0.213. The lowest BCUT2D eigenvalue weighted by Gasteiger charge is -2.08. The normalized spacial score (nSPS) is 10.7. The maximum Gasteiger partial charge on any atom is 0.319 e. The molecule has 6 heteroatoms. The lowest BCUT2D eigenvalue weighted by atomic mass is 10.1. The summed E-state index contributed by atoms with van der Waals surface area (Å²) in [5.74, 6) is 0. The number of fused-ring (bicyclic) bond motifs is 1. The molecule has 118 valence electrons. The van der Waals surface area contributed by atoms with Gasteiger partial charge in [-0.25, -0.2) is 4.79 Å². The molecule has 0 fully saturated rings. The summed E-state index contributed by atoms with van der Waals surface area (Å²) in [7, 11) is 0. The molecular formula is C17H15Br2N3O. The summed E-state index contributed by atoms with van der Waals surface area (Å²) >= 11 is 6.80. The fraction of sp³-hybridized carbons (Fsp3) is 0.118. The number of benzene rings is 2. The number of amides is 2. The molecule has 0 radical (unpaired) electrons. The van der Waals surface area contributed by atoms with Crippen molar-refractivity contribution < 1.29 is 4.79 Å². The zero-order valence-electron chi connectivity index (χ0n) is 12.2. The lowest BCUT2D eigenvalue weighted by Crippen LogP contribution is -2.30. The Labute approximate surface area is 150 Å². The Morgan fingerprint density at radius 2 is 1.83 bits per heavy atom. The first-order valence-corrected chi connectivity index (χ1v) is 8.76. The van der Waals surface area contributed by atoms with Gasteiger partial charge >= 0.3 is 6.03 Å². The SMILES string of the molecule is O=C(NCCc1c[nH]c2ccccc12)Nc1cc(Br)cc(Br)c1. The highest BCUT2D eigenvalue weighted by molar-refractivity contribution is 9.11. The molecule has 4 nitrogen and oxygen atoms in total. The van der Waals surface area contributed by atoms with Crippen molar-refractivity contribution in [3.63, 3.8) is 0 Å². The van der Waals surface area contributed by atoms with E-state index in [1.54, 1.807) is 0 Å². The second-order valence-corrected chi connectivity index (χ2v) is 6.98. The van der Waals surface area contributed by atoms with Crippen LogP contribution in [-0.4, -0.2) is 17.6 Å². The highest BCUT2D eigenvalue weighted by Crippen LogP contribution is 2.23. The number of carbonyl (C=O) groups excluding carboxylic acids is 1. The van der Waals surface area contributed by atoms with Gasteiger partial charge in [0.15, 0.2) is 0 Å². The topological polar surface area (TPSA) is 56.9 Å². The number of halogens is 2. The number of H-pyrrole nitrogens is 1. The Hall–Kier alpha value is -1.79. The molecule has 23 heavy (non-hydrogen) atoms. The quantitative estimate of drug-likeness (QED) is 0.526. The fourth-order valence-corrected chi connectivity index (χ4v) is 3.74. The number of aromatic nitrogens is 1. The van der Waals surface area contributed by atoms with E-state index in [-0.39, 0.29) is 6.03 Å². The molecule has 1 heterocycles. The molecule has 0 bridgehead atoms. The zero-order chi connectivity index (χ0) is 16.2. The second-order valence-electron chi connectivity index (χ2n) is 5.15. The van der Waals surface area contributed by atoms with Gasteiger partial charge in [0.1, 0.15) is 0 Å². The number of carbonyl (C=O) groups is 1.